The third-order valence-electron chi connectivity index (χ3n) is 6.85. The van der Waals surface area contributed by atoms with E-state index in [9.17, 15) is 34.5 Å². The minimum atomic E-state index is -1.42. The summed E-state index contributed by atoms with van der Waals surface area (Å²) in [5.41, 5.74) is 8.01. The van der Waals surface area contributed by atoms with E-state index >= 15 is 0 Å². The number of H-pyrrole nitrogens is 1. The van der Waals surface area contributed by atoms with Gasteiger partial charge in [-0.3, -0.25) is 14.4 Å². The van der Waals surface area contributed by atoms with E-state index in [0.717, 1.165) is 10.9 Å². The van der Waals surface area contributed by atoms with Crippen LogP contribution in [0.25, 0.3) is 10.9 Å². The minimum absolute atomic E-state index is 0.0134. The first-order valence-electron chi connectivity index (χ1n) is 13.8. The molecule has 9 N–H and O–H groups in total. The van der Waals surface area contributed by atoms with E-state index in [4.69, 9.17) is 5.73 Å². The minimum Gasteiger partial charge on any atom is -0.508 e. The summed E-state index contributed by atoms with van der Waals surface area (Å²) in [7, 11) is 0. The molecule has 0 bridgehead atoms. The molecule has 0 fully saturated rings. The summed E-state index contributed by atoms with van der Waals surface area (Å²) in [5.74, 6) is -3.38. The number of aliphatic carboxylic acids is 1. The lowest BCUT2D eigenvalue weighted by molar-refractivity contribution is -0.142. The first-order chi connectivity index (χ1) is 19.8. The molecule has 12 nitrogen and oxygen atoms in total. The average Bonchev–Trinajstić information content (AvgIpc) is 3.33. The molecule has 2 aromatic carbocycles. The fraction of sp³-hybridized carbons (Fsp3) is 0.400. The maximum absolute atomic E-state index is 13.5. The van der Waals surface area contributed by atoms with Gasteiger partial charge in [-0.25, -0.2) is 4.79 Å². The molecule has 0 saturated carbocycles. The van der Waals surface area contributed by atoms with Crippen molar-refractivity contribution in [3.63, 3.8) is 0 Å². The number of amides is 3. The van der Waals surface area contributed by atoms with Crippen LogP contribution in [0.2, 0.25) is 0 Å². The van der Waals surface area contributed by atoms with Crippen LogP contribution in [-0.4, -0.2) is 74.3 Å². The lowest BCUT2D eigenvalue weighted by atomic mass is 10.0. The number of nitrogens with two attached hydrogens (primary N) is 1. The summed E-state index contributed by atoms with van der Waals surface area (Å²) in [5, 5.41) is 38.1. The van der Waals surface area contributed by atoms with Gasteiger partial charge in [0.05, 0.1) is 12.1 Å². The lowest BCUT2D eigenvalue weighted by Gasteiger charge is -2.26. The fourth-order valence-corrected chi connectivity index (χ4v) is 4.61. The maximum atomic E-state index is 13.5. The van der Waals surface area contributed by atoms with Gasteiger partial charge in [-0.1, -0.05) is 44.2 Å². The highest BCUT2D eigenvalue weighted by Gasteiger charge is 2.33. The van der Waals surface area contributed by atoms with Crippen molar-refractivity contribution < 1.29 is 34.5 Å². The summed E-state index contributed by atoms with van der Waals surface area (Å²) in [4.78, 5) is 54.7. The van der Waals surface area contributed by atoms with Crippen LogP contribution in [0, 0.1) is 5.92 Å². The number of carbonyl (C=O) groups is 4. The molecular formula is C30H39N5O7. The predicted molar refractivity (Wildman–Crippen MR) is 156 cm³/mol. The Morgan fingerprint density at radius 1 is 0.857 bits per heavy atom. The van der Waals surface area contributed by atoms with Gasteiger partial charge in [0, 0.05) is 29.9 Å². The number of rotatable bonds is 14. The van der Waals surface area contributed by atoms with Crippen molar-refractivity contribution in [1.82, 2.24) is 20.9 Å². The number of carboxylic acid groups (broad SMARTS) is 1. The zero-order valence-corrected chi connectivity index (χ0v) is 23.8. The van der Waals surface area contributed by atoms with Gasteiger partial charge in [-0.15, -0.1) is 0 Å². The smallest absolute Gasteiger partial charge is 0.326 e. The predicted octanol–water partition coefficient (Wildman–Crippen LogP) is 0.952. The van der Waals surface area contributed by atoms with Crippen LogP contribution in [-0.2, 0) is 32.0 Å². The molecule has 0 aliphatic heterocycles. The molecule has 0 saturated heterocycles. The van der Waals surface area contributed by atoms with Crippen molar-refractivity contribution in [2.24, 2.45) is 11.7 Å². The molecule has 1 aromatic heterocycles. The number of nitrogens with one attached hydrogen (secondary N) is 4. The number of para-hydroxylation sites is 1. The fourth-order valence-electron chi connectivity index (χ4n) is 4.61. The van der Waals surface area contributed by atoms with E-state index < -0.39 is 54.0 Å². The number of phenolic OH excluding ortho intramolecular Hbond substituents is 1. The van der Waals surface area contributed by atoms with Crippen LogP contribution in [0.5, 0.6) is 5.75 Å². The second kappa shape index (κ2) is 14.5. The first kappa shape index (κ1) is 32.1. The third kappa shape index (κ3) is 8.79. The van der Waals surface area contributed by atoms with Crippen LogP contribution >= 0.6 is 0 Å². The molecule has 226 valence electrons. The Kier molecular flexibility index (Phi) is 11.1. The van der Waals surface area contributed by atoms with E-state index in [-0.39, 0.29) is 24.5 Å². The summed E-state index contributed by atoms with van der Waals surface area (Å²) in [6.07, 6.45) is 0.651. The van der Waals surface area contributed by atoms with Crippen LogP contribution in [0.15, 0.2) is 54.7 Å². The number of carbonyl (C=O) groups excluding carboxylic acids is 3. The lowest BCUT2D eigenvalue weighted by Crippen LogP contribution is -2.60. The van der Waals surface area contributed by atoms with Crippen LogP contribution in [0.4, 0.5) is 0 Å². The van der Waals surface area contributed by atoms with E-state index in [1.807, 2.05) is 38.1 Å². The maximum Gasteiger partial charge on any atom is 0.326 e. The van der Waals surface area contributed by atoms with Gasteiger partial charge in [-0.2, -0.15) is 0 Å². The molecule has 42 heavy (non-hydrogen) atoms. The molecule has 5 unspecified atom stereocenters. The molecule has 0 radical (unpaired) electrons. The molecule has 1 heterocycles. The molecule has 0 aliphatic rings. The summed E-state index contributed by atoms with van der Waals surface area (Å²) >= 11 is 0. The number of aliphatic hydroxyl groups excluding tert-OH is 1. The van der Waals surface area contributed by atoms with Crippen molar-refractivity contribution >= 4 is 34.6 Å². The first-order valence-corrected chi connectivity index (χ1v) is 13.8. The summed E-state index contributed by atoms with van der Waals surface area (Å²) in [6, 6.07) is 8.35. The topological polar surface area (TPSA) is 207 Å². The van der Waals surface area contributed by atoms with E-state index in [0.29, 0.717) is 17.5 Å². The van der Waals surface area contributed by atoms with Crippen LogP contribution in [0.3, 0.4) is 0 Å². The van der Waals surface area contributed by atoms with Crippen molar-refractivity contribution in [3.05, 3.63) is 65.9 Å². The largest absolute Gasteiger partial charge is 0.508 e. The Morgan fingerprint density at radius 3 is 2.12 bits per heavy atom. The SMILES string of the molecule is CC(C)CC(N)C(=O)NC(C(=O)NC(Cc1c[nH]c2ccccc12)C(=O)NC(Cc1ccc(O)cc1)C(=O)O)C(C)O. The number of fused-ring (bicyclic) bond motifs is 1. The standard InChI is InChI=1S/C30H39N5O7/c1-16(2)12-22(31)27(38)35-26(17(3)36)29(40)33-24(14-19-15-32-23-7-5-4-6-21(19)23)28(39)34-25(30(41)42)13-18-8-10-20(37)11-9-18/h4-11,15-17,22,24-26,32,36-37H,12-14,31H2,1-3H3,(H,33,40)(H,34,39)(H,35,38)(H,41,42). The van der Waals surface area contributed by atoms with Gasteiger partial charge in [0.1, 0.15) is 23.9 Å². The number of phenols is 1. The highest BCUT2D eigenvalue weighted by atomic mass is 16.4. The normalized spacial score (nSPS) is 14.9. The average molecular weight is 582 g/mol. The molecule has 12 heteroatoms. The van der Waals surface area contributed by atoms with Crippen molar-refractivity contribution in [3.8, 4) is 5.75 Å². The van der Waals surface area contributed by atoms with E-state index in [2.05, 4.69) is 20.9 Å². The van der Waals surface area contributed by atoms with Gasteiger partial charge < -0.3 is 42.0 Å². The van der Waals surface area contributed by atoms with Gasteiger partial charge >= 0.3 is 5.97 Å². The highest BCUT2D eigenvalue weighted by molar-refractivity contribution is 5.95. The number of benzene rings is 2. The number of carboxylic acids is 1. The molecule has 0 spiro atoms. The number of aromatic amines is 1. The molecular weight excluding hydrogens is 542 g/mol. The molecule has 5 atom stereocenters. The number of hydrogen-bond acceptors (Lipinski definition) is 7. The monoisotopic (exact) mass is 581 g/mol. The van der Waals surface area contributed by atoms with E-state index in [1.165, 1.54) is 19.1 Å². The zero-order chi connectivity index (χ0) is 31.0. The van der Waals surface area contributed by atoms with Gasteiger partial charge in [0.2, 0.25) is 17.7 Å². The Bertz CT molecular complexity index is 1390. The van der Waals surface area contributed by atoms with Crippen molar-refractivity contribution in [2.75, 3.05) is 0 Å². The Balaban J connectivity index is 1.85. The number of aromatic hydroxyl groups is 1. The molecule has 3 aromatic rings. The Labute approximate surface area is 243 Å². The zero-order valence-electron chi connectivity index (χ0n) is 23.8. The quantitative estimate of drug-likeness (QED) is 0.137. The van der Waals surface area contributed by atoms with Crippen LogP contribution < -0.4 is 21.7 Å². The van der Waals surface area contributed by atoms with Gasteiger partial charge in [-0.05, 0) is 48.6 Å². The van der Waals surface area contributed by atoms with E-state index in [1.54, 1.807) is 18.3 Å². The molecule has 3 amide bonds. The highest BCUT2D eigenvalue weighted by Crippen LogP contribution is 2.20. The second-order valence-corrected chi connectivity index (χ2v) is 10.9. The van der Waals surface area contributed by atoms with Crippen molar-refractivity contribution in [1.29, 1.82) is 0 Å². The number of aromatic nitrogens is 1. The number of aliphatic hydroxyl groups is 1. The summed E-state index contributed by atoms with van der Waals surface area (Å²) < 4.78 is 0. The van der Waals surface area contributed by atoms with Crippen LogP contribution in [0.1, 0.15) is 38.3 Å². The van der Waals surface area contributed by atoms with Gasteiger partial charge in [0.25, 0.3) is 0 Å². The van der Waals surface area contributed by atoms with Gasteiger partial charge in [0.15, 0.2) is 0 Å². The van der Waals surface area contributed by atoms with Crippen molar-refractivity contribution in [2.45, 2.75) is 70.3 Å². The molecule has 0 aliphatic carbocycles. The second-order valence-electron chi connectivity index (χ2n) is 10.9. The number of hydrogen-bond donors (Lipinski definition) is 8. The summed E-state index contributed by atoms with van der Waals surface area (Å²) in [6.45, 7) is 5.11. The Morgan fingerprint density at radius 2 is 1.50 bits per heavy atom. The Hall–Kier alpha value is -4.42. The molecule has 3 rings (SSSR count). The third-order valence-corrected chi connectivity index (χ3v) is 6.85.